The minimum Gasteiger partial charge on any atom is -0.394 e. The van der Waals surface area contributed by atoms with Gasteiger partial charge in [-0.05, 0) is 45.4 Å². The molecule has 0 amide bonds. The van der Waals surface area contributed by atoms with E-state index in [9.17, 15) is 5.11 Å². The predicted molar refractivity (Wildman–Crippen MR) is 75.8 cm³/mol. The summed E-state index contributed by atoms with van der Waals surface area (Å²) >= 11 is 0. The van der Waals surface area contributed by atoms with Crippen molar-refractivity contribution in [2.75, 3.05) is 13.2 Å². The third-order valence-corrected chi connectivity index (χ3v) is 3.66. The number of aliphatic hydroxyl groups excluding tert-OH is 1. The largest absolute Gasteiger partial charge is 0.394 e. The molecule has 108 valence electrons. The van der Waals surface area contributed by atoms with E-state index in [2.05, 4.69) is 33.0 Å². The van der Waals surface area contributed by atoms with Crippen molar-refractivity contribution in [3.05, 3.63) is 0 Å². The maximum Gasteiger partial charge on any atom is 0.0611 e. The fourth-order valence-corrected chi connectivity index (χ4v) is 2.49. The van der Waals surface area contributed by atoms with Gasteiger partial charge in [0, 0.05) is 18.2 Å². The molecule has 0 aliphatic heterocycles. The van der Waals surface area contributed by atoms with Crippen molar-refractivity contribution in [1.82, 2.24) is 5.32 Å². The normalized spacial score (nSPS) is 22.5. The number of hydrogen-bond acceptors (Lipinski definition) is 3. The van der Waals surface area contributed by atoms with Crippen LogP contribution in [-0.2, 0) is 4.74 Å². The first-order chi connectivity index (χ1) is 8.49. The summed E-state index contributed by atoms with van der Waals surface area (Å²) in [6.07, 6.45) is 6.02. The van der Waals surface area contributed by atoms with Crippen LogP contribution in [0.2, 0.25) is 0 Å². The highest BCUT2D eigenvalue weighted by Crippen LogP contribution is 2.25. The lowest BCUT2D eigenvalue weighted by atomic mass is 9.95. The van der Waals surface area contributed by atoms with Gasteiger partial charge in [0.15, 0.2) is 0 Å². The van der Waals surface area contributed by atoms with Crippen LogP contribution in [0.25, 0.3) is 0 Å². The van der Waals surface area contributed by atoms with E-state index in [4.69, 9.17) is 4.74 Å². The van der Waals surface area contributed by atoms with Gasteiger partial charge in [-0.3, -0.25) is 0 Å². The molecule has 0 aromatic carbocycles. The van der Waals surface area contributed by atoms with E-state index < -0.39 is 0 Å². The van der Waals surface area contributed by atoms with E-state index in [-0.39, 0.29) is 18.2 Å². The Hall–Kier alpha value is -0.120. The Kier molecular flexibility index (Phi) is 6.61. The Morgan fingerprint density at radius 3 is 2.56 bits per heavy atom. The van der Waals surface area contributed by atoms with Crippen LogP contribution in [0.4, 0.5) is 0 Å². The maximum absolute atomic E-state index is 9.55. The van der Waals surface area contributed by atoms with Crippen molar-refractivity contribution in [2.24, 2.45) is 5.92 Å². The summed E-state index contributed by atoms with van der Waals surface area (Å²) in [5.41, 5.74) is -0.186. The molecule has 1 fully saturated rings. The third-order valence-electron chi connectivity index (χ3n) is 3.66. The number of aliphatic hydroxyl groups is 1. The molecular weight excluding hydrogens is 226 g/mol. The number of ether oxygens (including phenoxy) is 1. The summed E-state index contributed by atoms with van der Waals surface area (Å²) in [7, 11) is 0. The minimum absolute atomic E-state index is 0.182. The molecule has 0 saturated heterocycles. The highest BCUT2D eigenvalue weighted by molar-refractivity contribution is 4.93. The second-order valence-electron chi connectivity index (χ2n) is 6.38. The minimum atomic E-state index is -0.186. The predicted octanol–water partition coefficient (Wildman–Crippen LogP) is 2.72. The van der Waals surface area contributed by atoms with Crippen LogP contribution in [0.15, 0.2) is 0 Å². The summed E-state index contributed by atoms with van der Waals surface area (Å²) < 4.78 is 5.90. The first-order valence-electron chi connectivity index (χ1n) is 7.49. The fourth-order valence-electron chi connectivity index (χ4n) is 2.49. The summed E-state index contributed by atoms with van der Waals surface area (Å²) in [6.45, 7) is 9.68. The van der Waals surface area contributed by atoms with Gasteiger partial charge in [-0.1, -0.05) is 20.3 Å². The van der Waals surface area contributed by atoms with E-state index in [0.717, 1.165) is 13.0 Å². The van der Waals surface area contributed by atoms with Crippen LogP contribution in [0.5, 0.6) is 0 Å². The summed E-state index contributed by atoms with van der Waals surface area (Å²) in [5.74, 6) is 0.634. The zero-order valence-electron chi connectivity index (χ0n) is 12.5. The van der Waals surface area contributed by atoms with E-state index in [1.165, 1.54) is 25.7 Å². The van der Waals surface area contributed by atoms with Crippen molar-refractivity contribution in [3.8, 4) is 0 Å². The third kappa shape index (κ3) is 6.17. The molecule has 0 aromatic rings. The lowest BCUT2D eigenvalue weighted by Crippen LogP contribution is -2.49. The van der Waals surface area contributed by atoms with Crippen molar-refractivity contribution in [2.45, 2.75) is 77.5 Å². The van der Waals surface area contributed by atoms with Crippen LogP contribution in [0.3, 0.4) is 0 Å². The molecule has 0 radical (unpaired) electrons. The van der Waals surface area contributed by atoms with E-state index in [1.807, 2.05) is 0 Å². The molecule has 3 atom stereocenters. The van der Waals surface area contributed by atoms with Gasteiger partial charge < -0.3 is 15.2 Å². The van der Waals surface area contributed by atoms with Crippen molar-refractivity contribution >= 4 is 0 Å². The first-order valence-corrected chi connectivity index (χ1v) is 7.49. The molecule has 0 heterocycles. The zero-order chi connectivity index (χ0) is 13.6. The van der Waals surface area contributed by atoms with Crippen LogP contribution < -0.4 is 5.32 Å². The van der Waals surface area contributed by atoms with Crippen LogP contribution in [0.1, 0.15) is 59.8 Å². The molecule has 0 aromatic heterocycles. The van der Waals surface area contributed by atoms with Crippen molar-refractivity contribution in [1.29, 1.82) is 0 Å². The molecular formula is C15H31NO2. The van der Waals surface area contributed by atoms with Crippen molar-refractivity contribution in [3.63, 3.8) is 0 Å². The molecule has 1 aliphatic carbocycles. The van der Waals surface area contributed by atoms with Gasteiger partial charge in [-0.15, -0.1) is 0 Å². The molecule has 18 heavy (non-hydrogen) atoms. The van der Waals surface area contributed by atoms with Gasteiger partial charge in [0.05, 0.1) is 12.7 Å². The average Bonchev–Trinajstić information content (AvgIpc) is 3.10. The quantitative estimate of drug-likeness (QED) is 0.632. The Balaban J connectivity index is 2.25. The second-order valence-corrected chi connectivity index (χ2v) is 6.38. The lowest BCUT2D eigenvalue weighted by Gasteiger charge is -2.32. The van der Waals surface area contributed by atoms with Gasteiger partial charge in [0.1, 0.15) is 0 Å². The standard InChI is InChI=1S/C15H31NO2/c1-5-6-12(2)10-18-13(3)9-15(4,11-17)16-14-7-8-14/h12-14,16-17H,5-11H2,1-4H3. The molecule has 2 N–H and O–H groups in total. The van der Waals surface area contributed by atoms with Gasteiger partial charge in [-0.25, -0.2) is 0 Å². The molecule has 3 nitrogen and oxygen atoms in total. The maximum atomic E-state index is 9.55. The number of rotatable bonds is 10. The van der Waals surface area contributed by atoms with Gasteiger partial charge in [0.25, 0.3) is 0 Å². The van der Waals surface area contributed by atoms with Crippen LogP contribution in [0, 0.1) is 5.92 Å². The SMILES string of the molecule is CCCC(C)COC(C)CC(C)(CO)NC1CC1. The van der Waals surface area contributed by atoms with Gasteiger partial charge in [0.2, 0.25) is 0 Å². The Morgan fingerprint density at radius 2 is 2.06 bits per heavy atom. The first kappa shape index (κ1) is 15.9. The highest BCUT2D eigenvalue weighted by Gasteiger charge is 2.33. The van der Waals surface area contributed by atoms with Crippen molar-refractivity contribution < 1.29 is 9.84 Å². The number of hydrogen-bond donors (Lipinski definition) is 2. The van der Waals surface area contributed by atoms with E-state index >= 15 is 0 Å². The molecule has 1 aliphatic rings. The monoisotopic (exact) mass is 257 g/mol. The summed E-state index contributed by atoms with van der Waals surface area (Å²) in [4.78, 5) is 0. The molecule has 3 unspecified atom stereocenters. The summed E-state index contributed by atoms with van der Waals surface area (Å²) in [6, 6.07) is 0.619. The van der Waals surface area contributed by atoms with Gasteiger partial charge >= 0.3 is 0 Å². The topological polar surface area (TPSA) is 41.5 Å². The van der Waals surface area contributed by atoms with Gasteiger partial charge in [-0.2, -0.15) is 0 Å². The smallest absolute Gasteiger partial charge is 0.0611 e. The number of nitrogens with one attached hydrogen (secondary N) is 1. The fraction of sp³-hybridized carbons (Fsp3) is 1.00. The highest BCUT2D eigenvalue weighted by atomic mass is 16.5. The molecule has 0 bridgehead atoms. The molecule has 1 rings (SSSR count). The molecule has 0 spiro atoms. The molecule has 1 saturated carbocycles. The lowest BCUT2D eigenvalue weighted by molar-refractivity contribution is 0.0111. The zero-order valence-corrected chi connectivity index (χ0v) is 12.5. The molecule has 3 heteroatoms. The van der Waals surface area contributed by atoms with Crippen LogP contribution >= 0.6 is 0 Å². The van der Waals surface area contributed by atoms with E-state index in [1.54, 1.807) is 0 Å². The second kappa shape index (κ2) is 7.46. The van der Waals surface area contributed by atoms with Crippen LogP contribution in [-0.4, -0.2) is 36.0 Å². The Labute approximate surface area is 112 Å². The Morgan fingerprint density at radius 1 is 1.39 bits per heavy atom. The summed E-state index contributed by atoms with van der Waals surface area (Å²) in [5, 5.41) is 13.1. The van der Waals surface area contributed by atoms with E-state index in [0.29, 0.717) is 12.0 Å². The Bertz CT molecular complexity index is 231. The average molecular weight is 257 g/mol.